The first kappa shape index (κ1) is 11.1. The van der Waals surface area contributed by atoms with Gasteiger partial charge in [-0.2, -0.15) is 25.7 Å². The van der Waals surface area contributed by atoms with Crippen molar-refractivity contribution in [2.45, 2.75) is 0 Å². The Hall–Kier alpha value is -1.74. The summed E-state index contributed by atoms with van der Waals surface area (Å²) in [5, 5.41) is 0. The Morgan fingerprint density at radius 2 is 0.900 bits per heavy atom. The minimum atomic E-state index is -1.83. The maximum absolute atomic E-state index is 4.99. The second-order valence-corrected chi connectivity index (χ2v) is 1.53. The van der Waals surface area contributed by atoms with Crippen LogP contribution < -0.4 is 6.15 Å². The molecule has 0 aliphatic rings. The van der Waals surface area contributed by atoms with Crippen LogP contribution in [0.15, 0.2) is 0 Å². The zero-order chi connectivity index (χ0) is 7.33. The van der Waals surface area contributed by atoms with Crippen LogP contribution in [0.25, 0.3) is 0 Å². The summed E-state index contributed by atoms with van der Waals surface area (Å²) in [5.74, 6) is 8.88. The van der Waals surface area contributed by atoms with Gasteiger partial charge in [-0.15, -0.1) is 0 Å². The molecule has 0 aromatic heterocycles. The quantitative estimate of drug-likeness (QED) is 0.365. The lowest BCUT2D eigenvalue weighted by atomic mass is 9.28. The first-order valence-corrected chi connectivity index (χ1v) is 2.31. The molecule has 0 saturated carbocycles. The van der Waals surface area contributed by atoms with Gasteiger partial charge in [-0.3, -0.25) is 23.3 Å². The number of quaternary nitrogens is 1. The van der Waals surface area contributed by atoms with E-state index in [0.29, 0.717) is 0 Å². The molecule has 4 N–H and O–H groups in total. The van der Waals surface area contributed by atoms with Crippen molar-refractivity contribution in [3.63, 3.8) is 0 Å². The highest BCUT2D eigenvalue weighted by Gasteiger charge is 2.08. The van der Waals surface area contributed by atoms with E-state index in [4.69, 9.17) is 25.7 Å². The van der Waals surface area contributed by atoms with Gasteiger partial charge in [-0.1, -0.05) is 0 Å². The fourth-order valence-electron chi connectivity index (χ4n) is 0.289. The van der Waals surface area contributed by atoms with Crippen LogP contribution in [0.5, 0.6) is 0 Å². The molecule has 0 aliphatic carbocycles. The predicted molar refractivity (Wildman–Crippen MR) is 47.1 cm³/mol. The summed E-state index contributed by atoms with van der Waals surface area (Å²) in [5.41, 5.74) is 0. The van der Waals surface area contributed by atoms with Gasteiger partial charge >= 0.3 is 0 Å². The van der Waals surface area contributed by atoms with Crippen molar-refractivity contribution in [2.24, 2.45) is 0 Å². The highest BCUT2D eigenvalue weighted by molar-refractivity contribution is 7.06. The summed E-state index contributed by atoms with van der Waals surface area (Å²) in [6, 6.07) is 0. The summed E-state index contributed by atoms with van der Waals surface area (Å²) in [4.78, 5) is 0. The summed E-state index contributed by atoms with van der Waals surface area (Å²) < 4.78 is 0. The van der Waals surface area contributed by atoms with Gasteiger partial charge in [0.15, 0.2) is 0 Å². The molecule has 0 aliphatic heterocycles. The van der Waals surface area contributed by atoms with Crippen molar-refractivity contribution in [1.29, 1.82) is 0 Å². The molecule has 0 aromatic carbocycles. The Kier molecular flexibility index (Phi) is 4.64. The zero-order valence-electron chi connectivity index (χ0n) is 5.89. The molecule has 0 aromatic rings. The highest BCUT2D eigenvalue weighted by atomic mass is 14.0. The van der Waals surface area contributed by atoms with E-state index < -0.39 is 6.15 Å². The van der Waals surface area contributed by atoms with Gasteiger partial charge in [0, 0.05) is 0 Å². The molecule has 0 unspecified atom stereocenters. The van der Waals surface area contributed by atoms with Gasteiger partial charge in [0.05, 0.1) is 0 Å². The molecule has 10 heavy (non-hydrogen) atoms. The van der Waals surface area contributed by atoms with Crippen molar-refractivity contribution >= 4 is 6.15 Å². The Morgan fingerprint density at radius 1 is 0.700 bits per heavy atom. The Bertz CT molecular complexity index is 202. The second-order valence-electron chi connectivity index (χ2n) is 1.53. The molecule has 0 heterocycles. The SMILES string of the molecule is C#C[B-](C#C)(C#C)C#C.[NH4+]. The lowest BCUT2D eigenvalue weighted by Crippen LogP contribution is -2.27. The first-order valence-electron chi connectivity index (χ1n) is 2.31. The maximum Gasteiger partial charge on any atom is 0.270 e. The normalized spacial score (nSPS) is 6.80. The van der Waals surface area contributed by atoms with Crippen LogP contribution in [0.4, 0.5) is 0 Å². The summed E-state index contributed by atoms with van der Waals surface area (Å²) in [6.07, 6.45) is 18.1. The van der Waals surface area contributed by atoms with Gasteiger partial charge < -0.3 is 6.15 Å². The smallest absolute Gasteiger partial charge is 0.270 e. The molecule has 0 bridgehead atoms. The average Bonchev–Trinajstić information content (AvgIpc) is 1.95. The van der Waals surface area contributed by atoms with Crippen molar-refractivity contribution in [2.75, 3.05) is 0 Å². The fourth-order valence-corrected chi connectivity index (χ4v) is 0.289. The molecular weight excluding hydrogens is 121 g/mol. The molecule has 2 heteroatoms. The van der Waals surface area contributed by atoms with Crippen LogP contribution in [0.1, 0.15) is 0 Å². The van der Waals surface area contributed by atoms with Crippen LogP contribution in [-0.4, -0.2) is 6.15 Å². The molecular formula is C8H8BN. The molecule has 0 spiro atoms. The van der Waals surface area contributed by atoms with Crippen molar-refractivity contribution < 1.29 is 0 Å². The Morgan fingerprint density at radius 3 is 0.900 bits per heavy atom. The third-order valence-electron chi connectivity index (χ3n) is 1.00. The van der Waals surface area contributed by atoms with Crippen molar-refractivity contribution in [3.8, 4) is 49.0 Å². The summed E-state index contributed by atoms with van der Waals surface area (Å²) in [6.45, 7) is 0. The van der Waals surface area contributed by atoms with Gasteiger partial charge in [0.2, 0.25) is 0 Å². The van der Waals surface area contributed by atoms with Crippen LogP contribution in [0, 0.1) is 49.0 Å². The molecule has 48 valence electrons. The molecule has 1 nitrogen and oxygen atoms in total. The third kappa shape index (κ3) is 1.65. The van der Waals surface area contributed by atoms with Crippen LogP contribution in [-0.2, 0) is 0 Å². The number of rotatable bonds is 0. The van der Waals surface area contributed by atoms with Gasteiger partial charge in [-0.05, 0) is 0 Å². The minimum absolute atomic E-state index is 0. The Labute approximate surface area is 62.1 Å². The molecule has 0 amide bonds. The number of terminal acetylenes is 4. The zero-order valence-corrected chi connectivity index (χ0v) is 5.89. The highest BCUT2D eigenvalue weighted by Crippen LogP contribution is 1.92. The van der Waals surface area contributed by atoms with Crippen LogP contribution in [0.3, 0.4) is 0 Å². The molecule has 0 atom stereocenters. The van der Waals surface area contributed by atoms with Crippen LogP contribution >= 0.6 is 0 Å². The summed E-state index contributed by atoms with van der Waals surface area (Å²) in [7, 11) is 0. The fraction of sp³-hybridized carbons (Fsp3) is 0. The number of hydrogen-bond donors (Lipinski definition) is 1. The van der Waals surface area contributed by atoms with E-state index in [-0.39, 0.29) is 6.15 Å². The van der Waals surface area contributed by atoms with Gasteiger partial charge in [-0.25, -0.2) is 0 Å². The van der Waals surface area contributed by atoms with Crippen molar-refractivity contribution in [3.05, 3.63) is 0 Å². The van der Waals surface area contributed by atoms with E-state index >= 15 is 0 Å². The molecule has 0 saturated heterocycles. The lowest BCUT2D eigenvalue weighted by Gasteiger charge is -2.12. The Balaban J connectivity index is 0. The third-order valence-corrected chi connectivity index (χ3v) is 1.00. The van der Waals surface area contributed by atoms with E-state index in [1.54, 1.807) is 0 Å². The molecule has 0 radical (unpaired) electrons. The van der Waals surface area contributed by atoms with E-state index in [9.17, 15) is 0 Å². The van der Waals surface area contributed by atoms with E-state index in [1.165, 1.54) is 0 Å². The van der Waals surface area contributed by atoms with E-state index in [0.717, 1.165) is 0 Å². The van der Waals surface area contributed by atoms with E-state index in [2.05, 4.69) is 23.3 Å². The average molecular weight is 129 g/mol. The van der Waals surface area contributed by atoms with E-state index in [1.807, 2.05) is 0 Å². The largest absolute Gasteiger partial charge is 0.369 e. The summed E-state index contributed by atoms with van der Waals surface area (Å²) >= 11 is 0. The first-order chi connectivity index (χ1) is 4.24. The number of hydrogen-bond acceptors (Lipinski definition) is 0. The van der Waals surface area contributed by atoms with Gasteiger partial charge in [0.25, 0.3) is 6.15 Å². The molecule has 0 fully saturated rings. The lowest BCUT2D eigenvalue weighted by molar-refractivity contribution is 2.13. The monoisotopic (exact) mass is 129 g/mol. The minimum Gasteiger partial charge on any atom is -0.369 e. The second kappa shape index (κ2) is 4.17. The predicted octanol–water partition coefficient (Wildman–Crippen LogP) is 0.501. The topological polar surface area (TPSA) is 36.5 Å². The van der Waals surface area contributed by atoms with Crippen molar-refractivity contribution in [1.82, 2.24) is 6.15 Å². The van der Waals surface area contributed by atoms with Gasteiger partial charge in [0.1, 0.15) is 0 Å². The maximum atomic E-state index is 4.99. The van der Waals surface area contributed by atoms with Crippen LogP contribution in [0.2, 0.25) is 0 Å². The standard InChI is InChI=1S/C8H4B.H3N/c1-5-9(6-2,7-3)8-4;/h1-4H;1H3/q-1;/p+1. The molecule has 0 rings (SSSR count).